The number of nitrogens with one attached hydrogen (secondary N) is 2. The van der Waals surface area contributed by atoms with E-state index in [0.29, 0.717) is 11.5 Å². The zero-order chi connectivity index (χ0) is 18.5. The van der Waals surface area contributed by atoms with Crippen LogP contribution in [0.1, 0.15) is 5.56 Å². The molecule has 0 fully saturated rings. The minimum Gasteiger partial charge on any atom is -0.352 e. The zero-order valence-corrected chi connectivity index (χ0v) is 13.5. The number of benzene rings is 2. The number of hydrogen-bond acceptors (Lipinski definition) is 3. The van der Waals surface area contributed by atoms with Crippen LogP contribution in [0.5, 0.6) is 0 Å². The summed E-state index contributed by atoms with van der Waals surface area (Å²) >= 11 is 0. The molecule has 0 aliphatic rings. The third-order valence-corrected chi connectivity index (χ3v) is 3.55. The number of rotatable bonds is 5. The van der Waals surface area contributed by atoms with Gasteiger partial charge in [-0.15, -0.1) is 0 Å². The van der Waals surface area contributed by atoms with Crippen molar-refractivity contribution in [2.45, 2.75) is 6.42 Å². The van der Waals surface area contributed by atoms with Crippen LogP contribution in [0, 0.1) is 17.5 Å². The van der Waals surface area contributed by atoms with Gasteiger partial charge in [0.1, 0.15) is 5.82 Å². The average molecular weight is 357 g/mol. The van der Waals surface area contributed by atoms with E-state index in [-0.39, 0.29) is 18.0 Å². The van der Waals surface area contributed by atoms with Crippen LogP contribution in [0.25, 0.3) is 0 Å². The lowest BCUT2D eigenvalue weighted by atomic mass is 10.1. The summed E-state index contributed by atoms with van der Waals surface area (Å²) in [5, 5.41) is 5.25. The molecule has 132 valence electrons. The molecule has 1 aromatic heterocycles. The Kier molecular flexibility index (Phi) is 5.17. The van der Waals surface area contributed by atoms with Gasteiger partial charge in [-0.1, -0.05) is 30.3 Å². The van der Waals surface area contributed by atoms with Crippen molar-refractivity contribution in [2.24, 2.45) is 0 Å². The highest BCUT2D eigenvalue weighted by molar-refractivity contribution is 5.91. The van der Waals surface area contributed by atoms with Gasteiger partial charge in [0.05, 0.1) is 24.0 Å². The van der Waals surface area contributed by atoms with Crippen LogP contribution in [-0.2, 0) is 11.2 Å². The smallest absolute Gasteiger partial charge is 0.229 e. The van der Waals surface area contributed by atoms with Crippen LogP contribution in [0.2, 0.25) is 0 Å². The highest BCUT2D eigenvalue weighted by atomic mass is 19.2. The van der Waals surface area contributed by atoms with Gasteiger partial charge in [-0.2, -0.15) is 0 Å². The highest BCUT2D eigenvalue weighted by Crippen LogP contribution is 2.23. The summed E-state index contributed by atoms with van der Waals surface area (Å²) < 4.78 is 39.8. The maximum Gasteiger partial charge on any atom is 0.229 e. The molecule has 0 bridgehead atoms. The molecule has 3 aromatic rings. The molecule has 4 nitrogen and oxygen atoms in total. The summed E-state index contributed by atoms with van der Waals surface area (Å²) in [6, 6.07) is 14.2. The van der Waals surface area contributed by atoms with E-state index in [1.807, 2.05) is 30.3 Å². The first-order valence-electron chi connectivity index (χ1n) is 7.73. The topological polar surface area (TPSA) is 54.0 Å². The van der Waals surface area contributed by atoms with Gasteiger partial charge >= 0.3 is 0 Å². The molecule has 3 rings (SSSR count). The van der Waals surface area contributed by atoms with Crippen LogP contribution in [0.15, 0.2) is 60.8 Å². The van der Waals surface area contributed by atoms with Crippen LogP contribution in [0.4, 0.5) is 30.4 Å². The Morgan fingerprint density at radius 2 is 1.69 bits per heavy atom. The molecule has 7 heteroatoms. The summed E-state index contributed by atoms with van der Waals surface area (Å²) in [7, 11) is 0. The number of amides is 1. The fourth-order valence-electron chi connectivity index (χ4n) is 2.29. The van der Waals surface area contributed by atoms with Crippen LogP contribution >= 0.6 is 0 Å². The Hall–Kier alpha value is -3.35. The molecule has 2 N–H and O–H groups in total. The molecule has 0 saturated heterocycles. The number of aromatic nitrogens is 1. The molecule has 1 heterocycles. The molecule has 0 unspecified atom stereocenters. The van der Waals surface area contributed by atoms with Crippen molar-refractivity contribution in [2.75, 3.05) is 10.6 Å². The maximum absolute atomic E-state index is 13.7. The van der Waals surface area contributed by atoms with Crippen LogP contribution < -0.4 is 10.6 Å². The Morgan fingerprint density at radius 1 is 0.923 bits per heavy atom. The lowest BCUT2D eigenvalue weighted by molar-refractivity contribution is -0.115. The van der Waals surface area contributed by atoms with E-state index in [0.717, 1.165) is 17.7 Å². The molecular formula is C19H14F3N3O. The molecule has 0 spiro atoms. The van der Waals surface area contributed by atoms with Gasteiger partial charge in [0.25, 0.3) is 0 Å². The van der Waals surface area contributed by atoms with Crippen molar-refractivity contribution in [1.82, 2.24) is 4.98 Å². The lowest BCUT2D eigenvalue weighted by Crippen LogP contribution is -2.15. The molecule has 2 aromatic carbocycles. The average Bonchev–Trinajstić information content (AvgIpc) is 2.64. The van der Waals surface area contributed by atoms with Crippen molar-refractivity contribution in [3.63, 3.8) is 0 Å². The van der Waals surface area contributed by atoms with Gasteiger partial charge in [-0.25, -0.2) is 18.2 Å². The molecule has 26 heavy (non-hydrogen) atoms. The molecule has 0 radical (unpaired) electrons. The van der Waals surface area contributed by atoms with Crippen molar-refractivity contribution in [3.05, 3.63) is 83.8 Å². The number of carbonyl (C=O) groups excluding carboxylic acids is 1. The SMILES string of the molecule is O=C(Cc1ccccc1)Nc1ccc(Nc2ccc(F)c(F)c2F)cn1. The Bertz CT molecular complexity index is 915. The number of carbonyl (C=O) groups is 1. The van der Waals surface area contributed by atoms with Gasteiger partial charge in [0.15, 0.2) is 17.5 Å². The Labute approximate surface area is 147 Å². The molecule has 0 saturated carbocycles. The predicted octanol–water partition coefficient (Wildman–Crippen LogP) is 4.42. The Balaban J connectivity index is 1.63. The number of anilines is 3. The van der Waals surface area contributed by atoms with Crippen LogP contribution in [0.3, 0.4) is 0 Å². The van der Waals surface area contributed by atoms with Gasteiger partial charge in [-0.3, -0.25) is 4.79 Å². The molecule has 0 aliphatic heterocycles. The summed E-state index contributed by atoms with van der Waals surface area (Å²) in [5.41, 5.74) is 1.01. The minimum atomic E-state index is -1.55. The third kappa shape index (κ3) is 4.18. The highest BCUT2D eigenvalue weighted by Gasteiger charge is 2.13. The zero-order valence-electron chi connectivity index (χ0n) is 13.5. The van der Waals surface area contributed by atoms with Gasteiger partial charge in [0.2, 0.25) is 5.91 Å². The minimum absolute atomic E-state index is 0.211. The first-order valence-corrected chi connectivity index (χ1v) is 7.73. The summed E-state index contributed by atoms with van der Waals surface area (Å²) in [6.07, 6.45) is 1.56. The van der Waals surface area contributed by atoms with Crippen molar-refractivity contribution in [1.29, 1.82) is 0 Å². The lowest BCUT2D eigenvalue weighted by Gasteiger charge is -2.09. The van der Waals surface area contributed by atoms with Crippen molar-refractivity contribution >= 4 is 23.1 Å². The normalized spacial score (nSPS) is 10.4. The van der Waals surface area contributed by atoms with E-state index in [4.69, 9.17) is 0 Å². The predicted molar refractivity (Wildman–Crippen MR) is 92.6 cm³/mol. The second-order valence-corrected chi connectivity index (χ2v) is 5.49. The monoisotopic (exact) mass is 357 g/mol. The quantitative estimate of drug-likeness (QED) is 0.665. The largest absolute Gasteiger partial charge is 0.352 e. The second kappa shape index (κ2) is 7.69. The van der Waals surface area contributed by atoms with Crippen molar-refractivity contribution in [3.8, 4) is 0 Å². The van der Waals surface area contributed by atoms with E-state index in [1.54, 1.807) is 0 Å². The summed E-state index contributed by atoms with van der Waals surface area (Å²) in [4.78, 5) is 16.0. The third-order valence-electron chi connectivity index (χ3n) is 3.55. The van der Waals surface area contributed by atoms with Crippen molar-refractivity contribution < 1.29 is 18.0 Å². The molecule has 1 amide bonds. The molecule has 0 atom stereocenters. The first-order chi connectivity index (χ1) is 12.5. The van der Waals surface area contributed by atoms with E-state index in [1.165, 1.54) is 18.3 Å². The number of hydrogen-bond donors (Lipinski definition) is 2. The van der Waals surface area contributed by atoms with E-state index >= 15 is 0 Å². The summed E-state index contributed by atoms with van der Waals surface area (Å²) in [5.74, 6) is -4.03. The fourth-order valence-corrected chi connectivity index (χ4v) is 2.29. The number of nitrogens with zero attached hydrogens (tertiary/aromatic N) is 1. The van der Waals surface area contributed by atoms with Gasteiger partial charge in [-0.05, 0) is 29.8 Å². The van der Waals surface area contributed by atoms with Gasteiger partial charge in [0, 0.05) is 0 Å². The van der Waals surface area contributed by atoms with Crippen LogP contribution in [-0.4, -0.2) is 10.9 Å². The summed E-state index contributed by atoms with van der Waals surface area (Å²) in [6.45, 7) is 0. The standard InChI is InChI=1S/C19H14F3N3O/c20-14-7-8-15(19(22)18(14)21)24-13-6-9-16(23-11-13)25-17(26)10-12-4-2-1-3-5-12/h1-9,11,24H,10H2,(H,23,25,26). The number of pyridine rings is 1. The number of halogens is 3. The first kappa shape index (κ1) is 17.5. The van der Waals surface area contributed by atoms with Gasteiger partial charge < -0.3 is 10.6 Å². The van der Waals surface area contributed by atoms with E-state index in [9.17, 15) is 18.0 Å². The Morgan fingerprint density at radius 3 is 2.38 bits per heavy atom. The fraction of sp³-hybridized carbons (Fsp3) is 0.0526. The molecular weight excluding hydrogens is 343 g/mol. The maximum atomic E-state index is 13.7. The van der Waals surface area contributed by atoms with E-state index in [2.05, 4.69) is 15.6 Å². The van der Waals surface area contributed by atoms with E-state index < -0.39 is 17.5 Å². The molecule has 0 aliphatic carbocycles. The second-order valence-electron chi connectivity index (χ2n) is 5.49.